The molecule has 0 aromatic carbocycles. The summed E-state index contributed by atoms with van der Waals surface area (Å²) in [6.45, 7) is 8.78. The van der Waals surface area contributed by atoms with Gasteiger partial charge in [0.1, 0.15) is 0 Å². The lowest BCUT2D eigenvalue weighted by Gasteiger charge is -2.25. The molecular weight excluding hydrogens is 186 g/mol. The van der Waals surface area contributed by atoms with Crippen molar-refractivity contribution in [3.05, 3.63) is 11.8 Å². The third kappa shape index (κ3) is 3.94. The first-order valence-electron chi connectivity index (χ1n) is 6.10. The number of hydrazine groups is 2. The van der Waals surface area contributed by atoms with E-state index in [1.165, 1.54) is 31.4 Å². The summed E-state index contributed by atoms with van der Waals surface area (Å²) in [7, 11) is 0. The summed E-state index contributed by atoms with van der Waals surface area (Å²) in [5, 5.41) is 2.24. The third-order valence-corrected chi connectivity index (χ3v) is 2.66. The summed E-state index contributed by atoms with van der Waals surface area (Å²) < 4.78 is 2.17. The normalized spacial score (nSPS) is 15.8. The van der Waals surface area contributed by atoms with Crippen LogP contribution in [0.4, 0.5) is 0 Å². The lowest BCUT2D eigenvalue weighted by molar-refractivity contribution is -0.613. The topological polar surface area (TPSA) is 18.3 Å². The highest BCUT2D eigenvalue weighted by Crippen LogP contribution is 2.04. The molecule has 1 N–H and O–H groups in total. The highest BCUT2D eigenvalue weighted by atomic mass is 15.7. The number of rotatable bonds is 6. The van der Waals surface area contributed by atoms with E-state index in [1.54, 1.807) is 0 Å². The zero-order valence-electron chi connectivity index (χ0n) is 10.3. The Labute approximate surface area is 93.4 Å². The molecule has 3 nitrogen and oxygen atoms in total. The van der Waals surface area contributed by atoms with Crippen LogP contribution in [0.3, 0.4) is 0 Å². The minimum atomic E-state index is 1.09. The van der Waals surface area contributed by atoms with Crippen molar-refractivity contribution in [2.24, 2.45) is 0 Å². The standard InChI is InChI=1S/C12H24N3/c1-4-6-9-14-11-8-12(3)15(13-14)10-7-5-2/h8,11,13H,4-7,9-10H2,1-3H3/q+1. The second-order valence-electron chi connectivity index (χ2n) is 4.11. The number of nitrogens with one attached hydrogen (secondary N) is 1. The molecule has 86 valence electrons. The van der Waals surface area contributed by atoms with Gasteiger partial charge in [0.25, 0.3) is 0 Å². The third-order valence-electron chi connectivity index (χ3n) is 2.66. The molecule has 0 aliphatic carbocycles. The van der Waals surface area contributed by atoms with E-state index in [2.05, 4.69) is 48.3 Å². The Kier molecular flexibility index (Phi) is 5.22. The molecule has 1 aliphatic heterocycles. The molecular formula is C12H24N3+. The molecule has 0 saturated heterocycles. The van der Waals surface area contributed by atoms with Gasteiger partial charge in [-0.25, -0.2) is 5.01 Å². The molecule has 0 spiro atoms. The minimum Gasteiger partial charge on any atom is -0.245 e. The van der Waals surface area contributed by atoms with Crippen LogP contribution in [0.15, 0.2) is 11.8 Å². The van der Waals surface area contributed by atoms with Crippen LogP contribution in [0.25, 0.3) is 0 Å². The maximum Gasteiger partial charge on any atom is 0.197 e. The first-order chi connectivity index (χ1) is 7.27. The molecule has 0 saturated carbocycles. The van der Waals surface area contributed by atoms with E-state index in [1.807, 2.05) is 0 Å². The van der Waals surface area contributed by atoms with Gasteiger partial charge in [0.2, 0.25) is 0 Å². The number of hydrogen-bond donors (Lipinski definition) is 1. The smallest absolute Gasteiger partial charge is 0.197 e. The van der Waals surface area contributed by atoms with E-state index in [-0.39, 0.29) is 0 Å². The van der Waals surface area contributed by atoms with E-state index in [0.29, 0.717) is 0 Å². The molecule has 0 amide bonds. The zero-order valence-corrected chi connectivity index (χ0v) is 10.3. The van der Waals surface area contributed by atoms with Crippen molar-refractivity contribution in [1.82, 2.24) is 10.5 Å². The average Bonchev–Trinajstić information content (AvgIpc) is 2.26. The lowest BCUT2D eigenvalue weighted by Crippen LogP contribution is -2.47. The molecule has 0 atom stereocenters. The maximum absolute atomic E-state index is 3.42. The van der Waals surface area contributed by atoms with Gasteiger partial charge in [0.15, 0.2) is 12.8 Å². The van der Waals surface area contributed by atoms with Crippen molar-refractivity contribution in [2.75, 3.05) is 13.1 Å². The summed E-state index contributed by atoms with van der Waals surface area (Å²) in [6, 6.07) is 0. The predicted molar refractivity (Wildman–Crippen MR) is 64.6 cm³/mol. The zero-order chi connectivity index (χ0) is 11.1. The molecule has 3 heteroatoms. The predicted octanol–water partition coefficient (Wildman–Crippen LogP) is 2.31. The summed E-state index contributed by atoms with van der Waals surface area (Å²) in [6.07, 6.45) is 9.26. The van der Waals surface area contributed by atoms with E-state index in [9.17, 15) is 0 Å². The van der Waals surface area contributed by atoms with Crippen molar-refractivity contribution >= 4 is 6.21 Å². The number of nitrogens with zero attached hydrogens (tertiary/aromatic N) is 2. The molecule has 1 rings (SSSR count). The molecule has 15 heavy (non-hydrogen) atoms. The van der Waals surface area contributed by atoms with Gasteiger partial charge in [-0.05, 0) is 13.3 Å². The van der Waals surface area contributed by atoms with Gasteiger partial charge in [-0.15, -0.1) is 10.2 Å². The fourth-order valence-corrected chi connectivity index (χ4v) is 1.55. The Morgan fingerprint density at radius 3 is 2.67 bits per heavy atom. The Morgan fingerprint density at radius 1 is 1.27 bits per heavy atom. The summed E-state index contributed by atoms with van der Waals surface area (Å²) in [5.74, 6) is 0. The molecule has 0 aromatic rings. The molecule has 0 bridgehead atoms. The van der Waals surface area contributed by atoms with Crippen LogP contribution in [0.5, 0.6) is 0 Å². The fraction of sp³-hybridized carbons (Fsp3) is 0.750. The van der Waals surface area contributed by atoms with Gasteiger partial charge in [-0.1, -0.05) is 26.7 Å². The van der Waals surface area contributed by atoms with Gasteiger partial charge in [0.05, 0.1) is 0 Å². The van der Waals surface area contributed by atoms with E-state index in [0.717, 1.165) is 13.1 Å². The molecule has 0 fully saturated rings. The Bertz CT molecular complexity index is 243. The first-order valence-corrected chi connectivity index (χ1v) is 6.10. The van der Waals surface area contributed by atoms with Crippen molar-refractivity contribution in [2.45, 2.75) is 46.5 Å². The maximum atomic E-state index is 3.42. The quantitative estimate of drug-likeness (QED) is 0.678. The van der Waals surface area contributed by atoms with Crippen LogP contribution in [-0.4, -0.2) is 29.0 Å². The Hall–Kier alpha value is -0.990. The van der Waals surface area contributed by atoms with Crippen molar-refractivity contribution in [3.63, 3.8) is 0 Å². The van der Waals surface area contributed by atoms with Crippen molar-refractivity contribution in [1.29, 1.82) is 0 Å². The highest BCUT2D eigenvalue weighted by Gasteiger charge is 2.14. The first kappa shape index (κ1) is 12.1. The Morgan fingerprint density at radius 2 is 2.00 bits per heavy atom. The van der Waals surface area contributed by atoms with Crippen LogP contribution >= 0.6 is 0 Å². The molecule has 0 radical (unpaired) electrons. The summed E-state index contributed by atoms with van der Waals surface area (Å²) >= 11 is 0. The van der Waals surface area contributed by atoms with Crippen molar-refractivity contribution < 1.29 is 4.68 Å². The van der Waals surface area contributed by atoms with E-state index < -0.39 is 0 Å². The van der Waals surface area contributed by atoms with Gasteiger partial charge < -0.3 is 0 Å². The summed E-state index contributed by atoms with van der Waals surface area (Å²) in [4.78, 5) is 0. The van der Waals surface area contributed by atoms with Crippen LogP contribution in [0, 0.1) is 0 Å². The van der Waals surface area contributed by atoms with Crippen molar-refractivity contribution in [3.8, 4) is 0 Å². The monoisotopic (exact) mass is 210 g/mol. The largest absolute Gasteiger partial charge is 0.245 e. The molecule has 0 unspecified atom stereocenters. The minimum absolute atomic E-state index is 1.09. The SMILES string of the molecule is CCCCN1N[N+](CCCC)=CC=C1C. The fourth-order valence-electron chi connectivity index (χ4n) is 1.55. The molecule has 1 aliphatic rings. The van der Waals surface area contributed by atoms with Gasteiger partial charge >= 0.3 is 0 Å². The van der Waals surface area contributed by atoms with Gasteiger partial charge in [0, 0.05) is 24.7 Å². The number of hydrazone groups is 1. The van der Waals surface area contributed by atoms with Crippen LogP contribution < -0.4 is 5.53 Å². The Balaban J connectivity index is 2.43. The van der Waals surface area contributed by atoms with Gasteiger partial charge in [-0.3, -0.25) is 0 Å². The second-order valence-corrected chi connectivity index (χ2v) is 4.11. The average molecular weight is 210 g/mol. The van der Waals surface area contributed by atoms with Crippen LogP contribution in [0.2, 0.25) is 0 Å². The van der Waals surface area contributed by atoms with Crippen LogP contribution in [-0.2, 0) is 0 Å². The summed E-state index contributed by atoms with van der Waals surface area (Å²) in [5.41, 5.74) is 4.72. The second kappa shape index (κ2) is 6.49. The van der Waals surface area contributed by atoms with E-state index >= 15 is 0 Å². The number of hydrogen-bond acceptors (Lipinski definition) is 2. The molecule has 0 aromatic heterocycles. The number of unbranched alkanes of at least 4 members (excludes halogenated alkanes) is 2. The van der Waals surface area contributed by atoms with E-state index in [4.69, 9.17) is 0 Å². The van der Waals surface area contributed by atoms with Crippen LogP contribution in [0.1, 0.15) is 46.5 Å². The lowest BCUT2D eigenvalue weighted by atomic mass is 10.3. The van der Waals surface area contributed by atoms with Gasteiger partial charge in [-0.2, -0.15) is 0 Å². The highest BCUT2D eigenvalue weighted by molar-refractivity contribution is 5.67. The number of allylic oxidation sites excluding steroid dienone is 2. The molecule has 1 heterocycles.